The summed E-state index contributed by atoms with van der Waals surface area (Å²) in [6.45, 7) is 0.158. The summed E-state index contributed by atoms with van der Waals surface area (Å²) in [7, 11) is 3.15. The molecular formula is C16H17BrN2O3. The Kier molecular flexibility index (Phi) is 5.66. The van der Waals surface area contributed by atoms with Gasteiger partial charge in [-0.05, 0) is 36.4 Å². The largest absolute Gasteiger partial charge is 0.493 e. The van der Waals surface area contributed by atoms with Crippen molar-refractivity contribution in [1.29, 1.82) is 0 Å². The molecule has 22 heavy (non-hydrogen) atoms. The molecular weight excluding hydrogens is 348 g/mol. The van der Waals surface area contributed by atoms with Crippen molar-refractivity contribution in [1.82, 2.24) is 0 Å². The predicted octanol–water partition coefficient (Wildman–Crippen LogP) is 3.52. The number of ether oxygens (including phenoxy) is 2. The standard InChI is InChI=1S/C16H17BrN2O3/c1-21-14-8-7-13(9-15(14)22-2)18-10-16(20)19-12-5-3-11(17)4-6-12/h3-9,18H,10H2,1-2H3,(H,19,20). The van der Waals surface area contributed by atoms with Crippen LogP contribution >= 0.6 is 15.9 Å². The van der Waals surface area contributed by atoms with Crippen molar-refractivity contribution in [3.8, 4) is 11.5 Å². The van der Waals surface area contributed by atoms with Gasteiger partial charge >= 0.3 is 0 Å². The topological polar surface area (TPSA) is 59.6 Å². The fourth-order valence-corrected chi connectivity index (χ4v) is 2.13. The Morgan fingerprint density at radius 1 is 1.00 bits per heavy atom. The Morgan fingerprint density at radius 3 is 2.27 bits per heavy atom. The molecule has 0 radical (unpaired) electrons. The Morgan fingerprint density at radius 2 is 1.64 bits per heavy atom. The van der Waals surface area contributed by atoms with Gasteiger partial charge in [0.1, 0.15) is 0 Å². The molecule has 2 aromatic rings. The van der Waals surface area contributed by atoms with Crippen molar-refractivity contribution >= 4 is 33.2 Å². The van der Waals surface area contributed by atoms with E-state index in [1.165, 1.54) is 0 Å². The molecule has 0 bridgehead atoms. The lowest BCUT2D eigenvalue weighted by molar-refractivity contribution is -0.114. The van der Waals surface area contributed by atoms with Gasteiger partial charge in [0.25, 0.3) is 0 Å². The third-order valence-electron chi connectivity index (χ3n) is 2.96. The molecule has 116 valence electrons. The molecule has 0 fully saturated rings. The van der Waals surface area contributed by atoms with Crippen LogP contribution in [0.25, 0.3) is 0 Å². The molecule has 0 aliphatic heterocycles. The van der Waals surface area contributed by atoms with E-state index in [4.69, 9.17) is 9.47 Å². The smallest absolute Gasteiger partial charge is 0.243 e. The van der Waals surface area contributed by atoms with Gasteiger partial charge in [-0.15, -0.1) is 0 Å². The first-order valence-corrected chi connectivity index (χ1v) is 7.43. The second-order valence-electron chi connectivity index (χ2n) is 4.48. The highest BCUT2D eigenvalue weighted by atomic mass is 79.9. The second-order valence-corrected chi connectivity index (χ2v) is 5.39. The van der Waals surface area contributed by atoms with Gasteiger partial charge in [-0.1, -0.05) is 15.9 Å². The van der Waals surface area contributed by atoms with E-state index in [1.807, 2.05) is 30.3 Å². The highest BCUT2D eigenvalue weighted by molar-refractivity contribution is 9.10. The fourth-order valence-electron chi connectivity index (χ4n) is 1.87. The molecule has 0 spiro atoms. The highest BCUT2D eigenvalue weighted by Gasteiger charge is 2.06. The van der Waals surface area contributed by atoms with Crippen LogP contribution in [0, 0.1) is 0 Å². The SMILES string of the molecule is COc1ccc(NCC(=O)Nc2ccc(Br)cc2)cc1OC. The van der Waals surface area contributed by atoms with E-state index in [0.29, 0.717) is 11.5 Å². The van der Waals surface area contributed by atoms with Crippen molar-refractivity contribution in [2.24, 2.45) is 0 Å². The molecule has 6 heteroatoms. The zero-order chi connectivity index (χ0) is 15.9. The van der Waals surface area contributed by atoms with Gasteiger partial charge in [0, 0.05) is 21.9 Å². The van der Waals surface area contributed by atoms with Gasteiger partial charge in [0.15, 0.2) is 11.5 Å². The van der Waals surface area contributed by atoms with E-state index in [9.17, 15) is 4.79 Å². The zero-order valence-electron chi connectivity index (χ0n) is 12.4. The summed E-state index contributed by atoms with van der Waals surface area (Å²) in [6, 6.07) is 12.8. The van der Waals surface area contributed by atoms with E-state index < -0.39 is 0 Å². The fraction of sp³-hybridized carbons (Fsp3) is 0.188. The number of carbonyl (C=O) groups is 1. The Labute approximate surface area is 137 Å². The molecule has 5 nitrogen and oxygen atoms in total. The predicted molar refractivity (Wildman–Crippen MR) is 90.8 cm³/mol. The maximum atomic E-state index is 11.9. The number of amides is 1. The van der Waals surface area contributed by atoms with Crippen molar-refractivity contribution in [2.45, 2.75) is 0 Å². The van der Waals surface area contributed by atoms with Gasteiger partial charge in [0.05, 0.1) is 20.8 Å². The van der Waals surface area contributed by atoms with Crippen LogP contribution in [0.15, 0.2) is 46.9 Å². The van der Waals surface area contributed by atoms with Crippen molar-refractivity contribution < 1.29 is 14.3 Å². The summed E-state index contributed by atoms with van der Waals surface area (Å²) >= 11 is 3.35. The van der Waals surface area contributed by atoms with Gasteiger partial charge in [-0.25, -0.2) is 0 Å². The lowest BCUT2D eigenvalue weighted by Crippen LogP contribution is -2.21. The molecule has 0 aromatic heterocycles. The summed E-state index contributed by atoms with van der Waals surface area (Å²) in [5.74, 6) is 1.13. The van der Waals surface area contributed by atoms with Crippen LogP contribution in [-0.2, 0) is 4.79 Å². The van der Waals surface area contributed by atoms with E-state index >= 15 is 0 Å². The van der Waals surface area contributed by atoms with E-state index in [-0.39, 0.29) is 12.5 Å². The van der Waals surface area contributed by atoms with Gasteiger partial charge in [0.2, 0.25) is 5.91 Å². The number of anilines is 2. The minimum Gasteiger partial charge on any atom is -0.493 e. The maximum Gasteiger partial charge on any atom is 0.243 e. The second kappa shape index (κ2) is 7.70. The molecule has 1 amide bonds. The van der Waals surface area contributed by atoms with Crippen LogP contribution in [0.1, 0.15) is 0 Å². The van der Waals surface area contributed by atoms with Crippen LogP contribution in [0.5, 0.6) is 11.5 Å². The molecule has 2 rings (SSSR count). The summed E-state index contributed by atoms with van der Waals surface area (Å²) in [4.78, 5) is 11.9. The Bertz CT molecular complexity index is 644. The minimum absolute atomic E-state index is 0.128. The summed E-state index contributed by atoms with van der Waals surface area (Å²) in [5, 5.41) is 5.86. The molecule has 2 aromatic carbocycles. The molecule has 0 aliphatic rings. The van der Waals surface area contributed by atoms with Gasteiger partial charge in [-0.2, -0.15) is 0 Å². The van der Waals surface area contributed by atoms with Gasteiger partial charge < -0.3 is 20.1 Å². The number of halogens is 1. The number of hydrogen-bond donors (Lipinski definition) is 2. The third kappa shape index (κ3) is 4.39. The van der Waals surface area contributed by atoms with Crippen LogP contribution in [0.3, 0.4) is 0 Å². The third-order valence-corrected chi connectivity index (χ3v) is 3.49. The molecule has 0 aliphatic carbocycles. The normalized spacial score (nSPS) is 9.95. The van der Waals surface area contributed by atoms with Crippen molar-refractivity contribution in [2.75, 3.05) is 31.4 Å². The lowest BCUT2D eigenvalue weighted by Gasteiger charge is -2.11. The van der Waals surface area contributed by atoms with Crippen molar-refractivity contribution in [3.63, 3.8) is 0 Å². The molecule has 0 heterocycles. The summed E-state index contributed by atoms with van der Waals surface area (Å²) in [6.07, 6.45) is 0. The van der Waals surface area contributed by atoms with Gasteiger partial charge in [-0.3, -0.25) is 4.79 Å². The number of nitrogens with one attached hydrogen (secondary N) is 2. The number of carbonyl (C=O) groups excluding carboxylic acids is 1. The molecule has 0 saturated carbocycles. The first kappa shape index (κ1) is 16.2. The highest BCUT2D eigenvalue weighted by Crippen LogP contribution is 2.29. The number of hydrogen-bond acceptors (Lipinski definition) is 4. The minimum atomic E-state index is -0.128. The maximum absolute atomic E-state index is 11.9. The average Bonchev–Trinajstić information content (AvgIpc) is 2.54. The molecule has 0 atom stereocenters. The van der Waals surface area contributed by atoms with E-state index in [0.717, 1.165) is 15.8 Å². The zero-order valence-corrected chi connectivity index (χ0v) is 13.9. The van der Waals surface area contributed by atoms with Crippen LogP contribution < -0.4 is 20.1 Å². The van der Waals surface area contributed by atoms with Crippen molar-refractivity contribution in [3.05, 3.63) is 46.9 Å². The molecule has 0 unspecified atom stereocenters. The lowest BCUT2D eigenvalue weighted by atomic mass is 10.2. The van der Waals surface area contributed by atoms with Crippen LogP contribution in [0.2, 0.25) is 0 Å². The first-order valence-electron chi connectivity index (χ1n) is 6.63. The Hall–Kier alpha value is -2.21. The first-order chi connectivity index (χ1) is 10.6. The van der Waals surface area contributed by atoms with E-state index in [1.54, 1.807) is 26.4 Å². The summed E-state index contributed by atoms with van der Waals surface area (Å²) in [5.41, 5.74) is 1.53. The average molecular weight is 365 g/mol. The monoisotopic (exact) mass is 364 g/mol. The van der Waals surface area contributed by atoms with Crippen LogP contribution in [-0.4, -0.2) is 26.7 Å². The molecule has 0 saturated heterocycles. The molecule has 2 N–H and O–H groups in total. The number of benzene rings is 2. The Balaban J connectivity index is 1.92. The quantitative estimate of drug-likeness (QED) is 0.823. The number of rotatable bonds is 6. The van der Waals surface area contributed by atoms with E-state index in [2.05, 4.69) is 26.6 Å². The van der Waals surface area contributed by atoms with Crippen LogP contribution in [0.4, 0.5) is 11.4 Å². The summed E-state index contributed by atoms with van der Waals surface area (Å²) < 4.78 is 11.4. The number of methoxy groups -OCH3 is 2.